The van der Waals surface area contributed by atoms with Crippen LogP contribution in [0.2, 0.25) is 0 Å². The third kappa shape index (κ3) is 4.95. The number of allylic oxidation sites excluding steroid dienone is 1. The summed E-state index contributed by atoms with van der Waals surface area (Å²) in [6, 6.07) is 5.89. The predicted octanol–water partition coefficient (Wildman–Crippen LogP) is 1.15. The minimum absolute atomic E-state index is 0.0150. The maximum absolute atomic E-state index is 13.8. The number of hydrogen-bond acceptors (Lipinski definition) is 8. The molecule has 2 N–H and O–H groups in total. The van der Waals surface area contributed by atoms with Gasteiger partial charge in [-0.25, -0.2) is 14.2 Å². The van der Waals surface area contributed by atoms with Crippen LogP contribution in [0.25, 0.3) is 0 Å². The summed E-state index contributed by atoms with van der Waals surface area (Å²) in [4.78, 5) is 46.4. The molecule has 4 aliphatic heterocycles. The van der Waals surface area contributed by atoms with Gasteiger partial charge in [0, 0.05) is 32.0 Å². The Balaban J connectivity index is 1.58. The van der Waals surface area contributed by atoms with Gasteiger partial charge in [-0.05, 0) is 38.0 Å². The van der Waals surface area contributed by atoms with Crippen molar-refractivity contribution in [3.63, 3.8) is 0 Å². The minimum atomic E-state index is -0.977. The van der Waals surface area contributed by atoms with E-state index in [0.29, 0.717) is 25.3 Å². The van der Waals surface area contributed by atoms with Gasteiger partial charge in [0.1, 0.15) is 5.82 Å². The van der Waals surface area contributed by atoms with E-state index in [2.05, 4.69) is 10.3 Å². The average molecular weight is 554 g/mol. The fourth-order valence-electron chi connectivity index (χ4n) is 5.00. The highest BCUT2D eigenvalue weighted by atomic mass is 19.1. The summed E-state index contributed by atoms with van der Waals surface area (Å²) in [5.74, 6) is -3.16. The Morgan fingerprint density at radius 3 is 2.75 bits per heavy atom. The highest BCUT2D eigenvalue weighted by Gasteiger charge is 2.53. The third-order valence-electron chi connectivity index (χ3n) is 7.07. The maximum atomic E-state index is 13.8. The number of benzene rings is 1. The van der Waals surface area contributed by atoms with E-state index in [-0.39, 0.29) is 42.6 Å². The van der Waals surface area contributed by atoms with Gasteiger partial charge in [-0.3, -0.25) is 9.59 Å². The number of morpholine rings is 1. The third-order valence-corrected chi connectivity index (χ3v) is 7.07. The summed E-state index contributed by atoms with van der Waals surface area (Å²) < 4.78 is 31.4. The molecule has 0 radical (unpaired) electrons. The first kappa shape index (κ1) is 27.4. The van der Waals surface area contributed by atoms with Crippen molar-refractivity contribution >= 4 is 29.1 Å². The van der Waals surface area contributed by atoms with Crippen molar-refractivity contribution in [3.05, 3.63) is 70.7 Å². The van der Waals surface area contributed by atoms with Crippen molar-refractivity contribution in [1.29, 1.82) is 0 Å². The minimum Gasteiger partial charge on any atom is -0.504 e. The lowest BCUT2D eigenvalue weighted by Crippen LogP contribution is -2.57. The van der Waals surface area contributed by atoms with Crippen LogP contribution in [0.3, 0.4) is 0 Å². The van der Waals surface area contributed by atoms with Gasteiger partial charge in [0.25, 0.3) is 23.3 Å². The number of halogens is 1. The summed E-state index contributed by atoms with van der Waals surface area (Å²) in [7, 11) is 1.47. The number of carbonyl (C=O) groups is 3. The van der Waals surface area contributed by atoms with Crippen LogP contribution in [0, 0.1) is 5.82 Å². The molecule has 4 heterocycles. The second-order valence-corrected chi connectivity index (χ2v) is 10.3. The predicted molar refractivity (Wildman–Crippen MR) is 140 cm³/mol. The van der Waals surface area contributed by atoms with Gasteiger partial charge in [0.2, 0.25) is 12.3 Å². The topological polar surface area (TPSA) is 130 Å². The van der Waals surface area contributed by atoms with Gasteiger partial charge in [-0.1, -0.05) is 12.1 Å². The molecule has 3 amide bonds. The van der Waals surface area contributed by atoms with E-state index in [4.69, 9.17) is 14.2 Å². The molecule has 1 aromatic rings. The zero-order valence-corrected chi connectivity index (χ0v) is 22.4. The summed E-state index contributed by atoms with van der Waals surface area (Å²) in [6.07, 6.45) is 2.01. The molecule has 12 heteroatoms. The molecule has 1 unspecified atom stereocenters. The molecule has 0 aliphatic carbocycles. The van der Waals surface area contributed by atoms with Gasteiger partial charge in [0.05, 0.1) is 25.4 Å². The van der Waals surface area contributed by atoms with Gasteiger partial charge in [-0.15, -0.1) is 4.58 Å². The van der Waals surface area contributed by atoms with Gasteiger partial charge in [-0.2, -0.15) is 0 Å². The van der Waals surface area contributed by atoms with Crippen molar-refractivity contribution in [1.82, 2.24) is 10.2 Å². The molecular formula is C28H30FN4O7+. The number of amides is 3. The molecule has 210 valence electrons. The molecule has 1 atom stereocenters. The van der Waals surface area contributed by atoms with Gasteiger partial charge >= 0.3 is 5.91 Å². The molecule has 1 fully saturated rings. The van der Waals surface area contributed by atoms with Crippen molar-refractivity contribution in [2.45, 2.75) is 31.9 Å². The van der Waals surface area contributed by atoms with Crippen LogP contribution in [-0.2, 0) is 35.0 Å². The zero-order valence-electron chi connectivity index (χ0n) is 22.4. The molecule has 11 nitrogen and oxygen atoms in total. The van der Waals surface area contributed by atoms with Crippen LogP contribution in [0.15, 0.2) is 64.3 Å². The van der Waals surface area contributed by atoms with Crippen LogP contribution < -0.4 is 5.32 Å². The second kappa shape index (κ2) is 10.8. The molecule has 0 bridgehead atoms. The Hall–Kier alpha value is -4.16. The molecule has 1 saturated heterocycles. The molecule has 0 saturated carbocycles. The maximum Gasteiger partial charge on any atom is 0.434 e. The number of aliphatic hydroxyl groups excluding tert-OH is 1. The SMILES string of the molecule is COCCNC(=O)C1=C(O)C2=NC=C(Cc3ccc(F)cc3)C3OC(C(=O)N4CCOCC4(C)C)=C[N+](=C23)C1=O. The number of nitrogens with one attached hydrogen (secondary N) is 1. The first-order chi connectivity index (χ1) is 19.1. The largest absolute Gasteiger partial charge is 0.504 e. The highest BCUT2D eigenvalue weighted by molar-refractivity contribution is 6.52. The van der Waals surface area contributed by atoms with Crippen LogP contribution >= 0.6 is 0 Å². The number of hydrogen-bond donors (Lipinski definition) is 2. The van der Waals surface area contributed by atoms with E-state index < -0.39 is 40.7 Å². The fraction of sp³-hybridized carbons (Fsp3) is 0.393. The molecule has 40 heavy (non-hydrogen) atoms. The molecule has 0 aromatic heterocycles. The van der Waals surface area contributed by atoms with E-state index in [1.165, 1.54) is 31.6 Å². The van der Waals surface area contributed by atoms with E-state index in [0.717, 1.165) is 10.1 Å². The lowest BCUT2D eigenvalue weighted by molar-refractivity contribution is -0.385. The van der Waals surface area contributed by atoms with Crippen LogP contribution in [0.1, 0.15) is 19.4 Å². The molecule has 5 rings (SSSR count). The monoisotopic (exact) mass is 553 g/mol. The number of methoxy groups -OCH3 is 1. The van der Waals surface area contributed by atoms with E-state index in [1.807, 2.05) is 13.8 Å². The Morgan fingerprint density at radius 2 is 2.05 bits per heavy atom. The van der Waals surface area contributed by atoms with E-state index >= 15 is 0 Å². The summed E-state index contributed by atoms with van der Waals surface area (Å²) >= 11 is 0. The van der Waals surface area contributed by atoms with Crippen molar-refractivity contribution in [3.8, 4) is 0 Å². The second-order valence-electron chi connectivity index (χ2n) is 10.3. The Labute approximate surface area is 229 Å². The average Bonchev–Trinajstić information content (AvgIpc) is 2.93. The summed E-state index contributed by atoms with van der Waals surface area (Å²) in [5, 5.41) is 13.6. The molecule has 1 aromatic carbocycles. The summed E-state index contributed by atoms with van der Waals surface area (Å²) in [5.41, 5.74) is 0.352. The lowest BCUT2D eigenvalue weighted by Gasteiger charge is -2.42. The number of ether oxygens (including phenoxy) is 3. The van der Waals surface area contributed by atoms with Gasteiger partial charge < -0.3 is 29.5 Å². The quantitative estimate of drug-likeness (QED) is 0.294. The van der Waals surface area contributed by atoms with E-state index in [9.17, 15) is 23.9 Å². The highest BCUT2D eigenvalue weighted by Crippen LogP contribution is 2.32. The van der Waals surface area contributed by atoms with Crippen LogP contribution in [-0.4, -0.2) is 95.4 Å². The van der Waals surface area contributed by atoms with E-state index in [1.54, 1.807) is 17.0 Å². The zero-order chi connectivity index (χ0) is 28.6. The van der Waals surface area contributed by atoms with Gasteiger partial charge in [0.15, 0.2) is 17.0 Å². The number of nitrogens with zero attached hydrogens (tertiary/aromatic N) is 3. The molecular weight excluding hydrogens is 523 g/mol. The van der Waals surface area contributed by atoms with Crippen molar-refractivity contribution in [2.75, 3.05) is 40.0 Å². The number of rotatable bonds is 7. The van der Waals surface area contributed by atoms with Crippen molar-refractivity contribution in [2.24, 2.45) is 4.99 Å². The van der Waals surface area contributed by atoms with Crippen molar-refractivity contribution < 1.29 is 42.7 Å². The number of carbonyl (C=O) groups excluding carboxylic acids is 3. The van der Waals surface area contributed by atoms with Crippen LogP contribution in [0.5, 0.6) is 0 Å². The fourth-order valence-corrected chi connectivity index (χ4v) is 5.00. The first-order valence-corrected chi connectivity index (χ1v) is 12.8. The van der Waals surface area contributed by atoms with Crippen LogP contribution in [0.4, 0.5) is 4.39 Å². The Morgan fingerprint density at radius 1 is 1.30 bits per heavy atom. The Bertz CT molecular complexity index is 1420. The number of aliphatic hydroxyl groups is 1. The Kier molecular flexibility index (Phi) is 7.39. The molecule has 0 spiro atoms. The smallest absolute Gasteiger partial charge is 0.434 e. The number of aliphatic imine (C=N–C) groups is 1. The molecule has 4 aliphatic rings. The summed E-state index contributed by atoms with van der Waals surface area (Å²) in [6.45, 7) is 5.04. The normalized spacial score (nSPS) is 21.7. The lowest BCUT2D eigenvalue weighted by atomic mass is 9.89. The first-order valence-electron chi connectivity index (χ1n) is 12.8. The standard InChI is InChI=1S/C28H29FN4O7/c1-28(2)15-39-11-9-33(28)26(36)19-14-32-22-21(23(34)20(27(32)37)25(35)30-8-10-38-3)31-13-17(24(22)40-19)12-16-4-6-18(29)7-5-16/h4-7,13-14,24H,8-12,15H2,1-3H3,(H-,30,34,35,37)/p+1.